The van der Waals surface area contributed by atoms with Crippen LogP contribution in [0.1, 0.15) is 5.56 Å². The van der Waals surface area contributed by atoms with Crippen molar-refractivity contribution in [3.8, 4) is 5.88 Å². The summed E-state index contributed by atoms with van der Waals surface area (Å²) < 4.78 is 6.46. The number of hydrogen-bond acceptors (Lipinski definition) is 5. The second-order valence-corrected chi connectivity index (χ2v) is 3.83. The van der Waals surface area contributed by atoms with Gasteiger partial charge >= 0.3 is 5.82 Å². The third-order valence-corrected chi connectivity index (χ3v) is 2.51. The van der Waals surface area contributed by atoms with Crippen molar-refractivity contribution in [1.82, 2.24) is 14.8 Å². The van der Waals surface area contributed by atoms with Crippen molar-refractivity contribution < 1.29 is 9.66 Å². The average molecular weight is 269 g/mol. The van der Waals surface area contributed by atoms with E-state index >= 15 is 0 Å². The zero-order chi connectivity index (χ0) is 13.1. The molecule has 0 spiro atoms. The van der Waals surface area contributed by atoms with Crippen molar-refractivity contribution in [2.45, 2.75) is 6.54 Å². The SMILES string of the molecule is COc1ncccc1Cn1cc(Cl)c([N+](=O)[O-])n1. The molecule has 7 nitrogen and oxygen atoms in total. The normalized spacial score (nSPS) is 10.3. The van der Waals surface area contributed by atoms with Gasteiger partial charge in [0.25, 0.3) is 0 Å². The molecule has 0 unspecified atom stereocenters. The van der Waals surface area contributed by atoms with E-state index in [9.17, 15) is 10.1 Å². The molecule has 0 aliphatic heterocycles. The van der Waals surface area contributed by atoms with Gasteiger partial charge in [-0.3, -0.25) is 0 Å². The monoisotopic (exact) mass is 268 g/mol. The molecular weight excluding hydrogens is 260 g/mol. The molecule has 18 heavy (non-hydrogen) atoms. The van der Waals surface area contributed by atoms with Gasteiger partial charge in [0, 0.05) is 11.8 Å². The number of halogens is 1. The summed E-state index contributed by atoms with van der Waals surface area (Å²) in [6, 6.07) is 3.55. The van der Waals surface area contributed by atoms with E-state index in [0.717, 1.165) is 5.56 Å². The minimum atomic E-state index is -0.626. The van der Waals surface area contributed by atoms with Gasteiger partial charge in [-0.15, -0.1) is 0 Å². The molecule has 0 saturated heterocycles. The number of nitro groups is 1. The molecule has 0 aliphatic rings. The lowest BCUT2D eigenvalue weighted by atomic mass is 10.3. The molecule has 0 aliphatic carbocycles. The van der Waals surface area contributed by atoms with E-state index in [1.807, 2.05) is 0 Å². The lowest BCUT2D eigenvalue weighted by molar-refractivity contribution is -0.389. The Morgan fingerprint density at radius 2 is 2.39 bits per heavy atom. The summed E-state index contributed by atoms with van der Waals surface area (Å²) in [5.41, 5.74) is 0.758. The highest BCUT2D eigenvalue weighted by atomic mass is 35.5. The number of aromatic nitrogens is 3. The highest BCUT2D eigenvalue weighted by Crippen LogP contribution is 2.23. The van der Waals surface area contributed by atoms with Gasteiger partial charge in [0.15, 0.2) is 5.02 Å². The van der Waals surface area contributed by atoms with E-state index < -0.39 is 4.92 Å². The van der Waals surface area contributed by atoms with Gasteiger partial charge in [-0.1, -0.05) is 17.7 Å². The summed E-state index contributed by atoms with van der Waals surface area (Å²) in [7, 11) is 1.50. The molecule has 0 bridgehead atoms. The van der Waals surface area contributed by atoms with E-state index in [0.29, 0.717) is 12.4 Å². The van der Waals surface area contributed by atoms with Crippen LogP contribution in [0.5, 0.6) is 5.88 Å². The van der Waals surface area contributed by atoms with Gasteiger partial charge in [-0.25, -0.2) is 4.98 Å². The zero-order valence-corrected chi connectivity index (χ0v) is 10.2. The van der Waals surface area contributed by atoms with Crippen molar-refractivity contribution >= 4 is 17.4 Å². The van der Waals surface area contributed by atoms with Crippen LogP contribution in [-0.4, -0.2) is 26.8 Å². The Labute approximate surface area is 107 Å². The van der Waals surface area contributed by atoms with Gasteiger partial charge in [0.05, 0.1) is 25.0 Å². The molecule has 0 atom stereocenters. The second-order valence-electron chi connectivity index (χ2n) is 3.43. The Balaban J connectivity index is 2.29. The highest BCUT2D eigenvalue weighted by molar-refractivity contribution is 6.32. The summed E-state index contributed by atoms with van der Waals surface area (Å²) in [5, 5.41) is 14.4. The van der Waals surface area contributed by atoms with Gasteiger partial charge in [0.2, 0.25) is 5.88 Å². The van der Waals surface area contributed by atoms with Crippen LogP contribution in [0.25, 0.3) is 0 Å². The molecule has 0 aromatic carbocycles. The van der Waals surface area contributed by atoms with Crippen LogP contribution in [0, 0.1) is 10.1 Å². The lowest BCUT2D eigenvalue weighted by Crippen LogP contribution is -2.04. The van der Waals surface area contributed by atoms with Crippen LogP contribution >= 0.6 is 11.6 Å². The third-order valence-electron chi connectivity index (χ3n) is 2.25. The first-order valence-corrected chi connectivity index (χ1v) is 5.35. The number of ether oxygens (including phenoxy) is 1. The first-order chi connectivity index (χ1) is 8.61. The summed E-state index contributed by atoms with van der Waals surface area (Å²) >= 11 is 5.71. The van der Waals surface area contributed by atoms with Crippen molar-refractivity contribution in [2.24, 2.45) is 0 Å². The molecular formula is C10H9ClN4O3. The van der Waals surface area contributed by atoms with E-state index in [-0.39, 0.29) is 10.8 Å². The number of pyridine rings is 1. The zero-order valence-electron chi connectivity index (χ0n) is 9.41. The molecule has 0 amide bonds. The molecule has 2 heterocycles. The molecule has 8 heteroatoms. The van der Waals surface area contributed by atoms with Crippen molar-refractivity contribution in [3.63, 3.8) is 0 Å². The first kappa shape index (κ1) is 12.3. The van der Waals surface area contributed by atoms with Crippen molar-refractivity contribution in [3.05, 3.63) is 45.2 Å². The molecule has 0 saturated carbocycles. The number of rotatable bonds is 4. The predicted octanol–water partition coefficient (Wildman–Crippen LogP) is 1.90. The lowest BCUT2D eigenvalue weighted by Gasteiger charge is -2.04. The van der Waals surface area contributed by atoms with E-state index in [1.165, 1.54) is 18.0 Å². The summed E-state index contributed by atoms with van der Waals surface area (Å²) in [4.78, 5) is 14.0. The average Bonchev–Trinajstić information content (AvgIpc) is 2.71. The van der Waals surface area contributed by atoms with Gasteiger partial charge in [-0.05, 0) is 11.0 Å². The van der Waals surface area contributed by atoms with E-state index in [1.54, 1.807) is 18.3 Å². The van der Waals surface area contributed by atoms with Crippen molar-refractivity contribution in [1.29, 1.82) is 0 Å². The van der Waals surface area contributed by atoms with Gasteiger partial charge < -0.3 is 14.9 Å². The molecule has 2 rings (SSSR count). The number of hydrogen-bond donors (Lipinski definition) is 0. The maximum atomic E-state index is 10.6. The van der Waals surface area contributed by atoms with Crippen LogP contribution in [0.3, 0.4) is 0 Å². The van der Waals surface area contributed by atoms with Crippen LogP contribution in [0.15, 0.2) is 24.5 Å². The molecule has 0 radical (unpaired) electrons. The van der Waals surface area contributed by atoms with Gasteiger partial charge in [-0.2, -0.15) is 4.68 Å². The molecule has 2 aromatic heterocycles. The Morgan fingerprint density at radius 3 is 3.00 bits per heavy atom. The van der Waals surface area contributed by atoms with Crippen LogP contribution < -0.4 is 4.74 Å². The minimum Gasteiger partial charge on any atom is -0.481 e. The number of methoxy groups -OCH3 is 1. The summed E-state index contributed by atoms with van der Waals surface area (Å²) in [5.74, 6) is 0.0892. The Kier molecular flexibility index (Phi) is 3.42. The Morgan fingerprint density at radius 1 is 1.61 bits per heavy atom. The predicted molar refractivity (Wildman–Crippen MR) is 63.8 cm³/mol. The Hall–Kier alpha value is -2.15. The second kappa shape index (κ2) is 5.01. The minimum absolute atomic E-state index is 0.00265. The van der Waals surface area contributed by atoms with Crippen LogP contribution in [0.2, 0.25) is 5.02 Å². The maximum Gasteiger partial charge on any atom is 0.408 e. The quantitative estimate of drug-likeness (QED) is 0.625. The number of nitrogens with zero attached hydrogens (tertiary/aromatic N) is 4. The van der Waals surface area contributed by atoms with Crippen LogP contribution in [0.4, 0.5) is 5.82 Å². The fourth-order valence-electron chi connectivity index (χ4n) is 1.49. The largest absolute Gasteiger partial charge is 0.481 e. The van der Waals surface area contributed by atoms with E-state index in [2.05, 4.69) is 10.1 Å². The highest BCUT2D eigenvalue weighted by Gasteiger charge is 2.19. The summed E-state index contributed by atoms with van der Waals surface area (Å²) in [6.07, 6.45) is 2.99. The van der Waals surface area contributed by atoms with Crippen molar-refractivity contribution in [2.75, 3.05) is 7.11 Å². The van der Waals surface area contributed by atoms with Gasteiger partial charge in [0.1, 0.15) is 0 Å². The first-order valence-electron chi connectivity index (χ1n) is 4.97. The maximum absolute atomic E-state index is 10.6. The van der Waals surface area contributed by atoms with Crippen LogP contribution in [-0.2, 0) is 6.54 Å². The van der Waals surface area contributed by atoms with E-state index in [4.69, 9.17) is 16.3 Å². The smallest absolute Gasteiger partial charge is 0.408 e. The topological polar surface area (TPSA) is 83.1 Å². The molecule has 2 aromatic rings. The third kappa shape index (κ3) is 2.40. The molecule has 94 valence electrons. The summed E-state index contributed by atoms with van der Waals surface area (Å²) in [6.45, 7) is 0.296. The Bertz CT molecular complexity index is 584. The molecule has 0 N–H and O–H groups in total. The standard InChI is InChI=1S/C10H9ClN4O3/c1-18-10-7(3-2-4-12-10)5-14-6-8(11)9(13-14)15(16)17/h2-4,6H,5H2,1H3. The fourth-order valence-corrected chi connectivity index (χ4v) is 1.71. The fraction of sp³-hybridized carbons (Fsp3) is 0.200. The molecule has 0 fully saturated rings.